The summed E-state index contributed by atoms with van der Waals surface area (Å²) in [6, 6.07) is 5.90. The summed E-state index contributed by atoms with van der Waals surface area (Å²) in [7, 11) is 1.62. The van der Waals surface area contributed by atoms with Gasteiger partial charge in [-0.15, -0.1) is 0 Å². The molecule has 4 rings (SSSR count). The Labute approximate surface area is 128 Å². The molecule has 1 aromatic heterocycles. The van der Waals surface area contributed by atoms with Crippen molar-refractivity contribution in [3.63, 3.8) is 0 Å². The van der Waals surface area contributed by atoms with Crippen LogP contribution in [0.1, 0.15) is 28.8 Å². The lowest BCUT2D eigenvalue weighted by molar-refractivity contribution is 0.0968. The van der Waals surface area contributed by atoms with Crippen molar-refractivity contribution in [3.8, 4) is 17.0 Å². The molecule has 2 aliphatic rings. The number of carbonyl (C=O) groups is 1. The van der Waals surface area contributed by atoms with Crippen molar-refractivity contribution in [2.45, 2.75) is 25.8 Å². The molecule has 0 radical (unpaired) electrons. The zero-order chi connectivity index (χ0) is 14.6. The zero-order valence-corrected chi connectivity index (χ0v) is 12.6. The normalized spacial score (nSPS) is 16.3. The number of aryl methyl sites for hydroxylation is 2. The molecule has 0 N–H and O–H groups in total. The first-order valence-electron chi connectivity index (χ1n) is 7.29. The molecule has 0 bridgehead atoms. The number of aromatic nitrogens is 1. The summed E-state index contributed by atoms with van der Waals surface area (Å²) in [6.45, 7) is 0.892. The van der Waals surface area contributed by atoms with Crippen molar-refractivity contribution in [1.82, 2.24) is 4.57 Å². The Morgan fingerprint density at radius 3 is 2.90 bits per heavy atom. The third-order valence-electron chi connectivity index (χ3n) is 4.43. The molecule has 0 saturated heterocycles. The summed E-state index contributed by atoms with van der Waals surface area (Å²) in [5, 5.41) is 0.631. The van der Waals surface area contributed by atoms with E-state index < -0.39 is 0 Å². The monoisotopic (exact) mass is 301 g/mol. The van der Waals surface area contributed by atoms with Crippen LogP contribution in [0.15, 0.2) is 24.4 Å². The average molecular weight is 302 g/mol. The van der Waals surface area contributed by atoms with Gasteiger partial charge in [-0.25, -0.2) is 0 Å². The molecule has 0 spiro atoms. The van der Waals surface area contributed by atoms with Crippen molar-refractivity contribution in [3.05, 3.63) is 40.5 Å². The number of benzene rings is 1. The summed E-state index contributed by atoms with van der Waals surface area (Å²) < 4.78 is 7.51. The lowest BCUT2D eigenvalue weighted by atomic mass is 9.94. The molecule has 1 aliphatic carbocycles. The van der Waals surface area contributed by atoms with Crippen LogP contribution >= 0.6 is 11.6 Å². The second kappa shape index (κ2) is 4.63. The molecule has 4 heteroatoms. The minimum Gasteiger partial charge on any atom is -0.495 e. The molecule has 1 saturated carbocycles. The first-order valence-corrected chi connectivity index (χ1v) is 7.67. The largest absolute Gasteiger partial charge is 0.495 e. The highest BCUT2D eigenvalue weighted by Gasteiger charge is 2.34. The van der Waals surface area contributed by atoms with Gasteiger partial charge in [-0.3, -0.25) is 4.79 Å². The smallest absolute Gasteiger partial charge is 0.168 e. The van der Waals surface area contributed by atoms with E-state index in [4.69, 9.17) is 16.3 Å². The molecule has 108 valence electrons. The minimum atomic E-state index is 0.233. The Balaban J connectivity index is 1.90. The van der Waals surface area contributed by atoms with Gasteiger partial charge in [-0.2, -0.15) is 0 Å². The van der Waals surface area contributed by atoms with Gasteiger partial charge in [-0.1, -0.05) is 11.6 Å². The molecule has 1 aromatic carbocycles. The number of rotatable bonds is 3. The Morgan fingerprint density at radius 1 is 1.38 bits per heavy atom. The highest BCUT2D eigenvalue weighted by Crippen LogP contribution is 2.41. The molecular weight excluding hydrogens is 286 g/mol. The maximum Gasteiger partial charge on any atom is 0.168 e. The van der Waals surface area contributed by atoms with E-state index in [1.807, 2.05) is 24.4 Å². The van der Waals surface area contributed by atoms with Gasteiger partial charge in [-0.05, 0) is 43.0 Å². The minimum absolute atomic E-state index is 0.233. The Morgan fingerprint density at radius 2 is 2.19 bits per heavy atom. The predicted octanol–water partition coefficient (Wildman–Crippen LogP) is 3.97. The van der Waals surface area contributed by atoms with Crippen molar-refractivity contribution >= 4 is 17.4 Å². The summed E-state index contributed by atoms with van der Waals surface area (Å²) in [5.41, 5.74) is 4.15. The number of ether oxygens (including phenoxy) is 1. The van der Waals surface area contributed by atoms with Crippen LogP contribution in [0.2, 0.25) is 5.02 Å². The number of halogens is 1. The zero-order valence-electron chi connectivity index (χ0n) is 11.9. The van der Waals surface area contributed by atoms with E-state index in [0.717, 1.165) is 42.6 Å². The van der Waals surface area contributed by atoms with Crippen molar-refractivity contribution in [2.24, 2.45) is 5.92 Å². The van der Waals surface area contributed by atoms with E-state index in [1.165, 1.54) is 5.56 Å². The Bertz CT molecular complexity index is 743. The van der Waals surface area contributed by atoms with Crippen molar-refractivity contribution in [1.29, 1.82) is 0 Å². The maximum absolute atomic E-state index is 12.5. The molecular formula is C17H16ClNO2. The van der Waals surface area contributed by atoms with Gasteiger partial charge >= 0.3 is 0 Å². The van der Waals surface area contributed by atoms with Gasteiger partial charge in [0.2, 0.25) is 0 Å². The number of ketones is 1. The van der Waals surface area contributed by atoms with Gasteiger partial charge in [0, 0.05) is 29.8 Å². The molecule has 0 amide bonds. The molecule has 2 aromatic rings. The molecule has 0 atom stereocenters. The first-order chi connectivity index (χ1) is 10.2. The molecule has 3 nitrogen and oxygen atoms in total. The van der Waals surface area contributed by atoms with E-state index >= 15 is 0 Å². The van der Waals surface area contributed by atoms with E-state index in [1.54, 1.807) is 7.11 Å². The van der Waals surface area contributed by atoms with Gasteiger partial charge in [0.15, 0.2) is 5.78 Å². The standard InChI is InChI=1S/C17H16ClNO2/c1-21-15-9-13-11(8-14(15)18)4-6-19-7-5-12(16(13)19)17(20)10-2-3-10/h5,7-10H,2-4,6H2,1H3. The van der Waals surface area contributed by atoms with Gasteiger partial charge in [0.25, 0.3) is 0 Å². The van der Waals surface area contributed by atoms with Gasteiger partial charge in [0.05, 0.1) is 17.8 Å². The van der Waals surface area contributed by atoms with Crippen molar-refractivity contribution < 1.29 is 9.53 Å². The van der Waals surface area contributed by atoms with E-state index in [0.29, 0.717) is 10.8 Å². The van der Waals surface area contributed by atoms with Crippen molar-refractivity contribution in [2.75, 3.05) is 7.11 Å². The number of Topliss-reactive ketones (excluding diaryl/α,β-unsaturated/α-hetero) is 1. The topological polar surface area (TPSA) is 31.2 Å². The molecule has 2 heterocycles. The molecule has 1 fully saturated rings. The lowest BCUT2D eigenvalue weighted by Crippen LogP contribution is -2.13. The summed E-state index contributed by atoms with van der Waals surface area (Å²) in [5.74, 6) is 1.18. The van der Waals surface area contributed by atoms with Crippen LogP contribution in [0.5, 0.6) is 5.75 Å². The molecule has 21 heavy (non-hydrogen) atoms. The van der Waals surface area contributed by atoms with E-state index in [2.05, 4.69) is 4.57 Å². The molecule has 0 unspecified atom stereocenters. The highest BCUT2D eigenvalue weighted by molar-refractivity contribution is 6.32. The van der Waals surface area contributed by atoms with E-state index in [-0.39, 0.29) is 11.7 Å². The van der Waals surface area contributed by atoms with Crippen LogP contribution in [0.25, 0.3) is 11.3 Å². The Hall–Kier alpha value is -1.74. The summed E-state index contributed by atoms with van der Waals surface area (Å²) >= 11 is 6.23. The van der Waals surface area contributed by atoms with Crippen LogP contribution in [-0.2, 0) is 13.0 Å². The first kappa shape index (κ1) is 13.0. The van der Waals surface area contributed by atoms with Crippen LogP contribution in [0, 0.1) is 5.92 Å². The SMILES string of the molecule is COc1cc2c(cc1Cl)CCn1ccc(C(=O)C3CC3)c1-2. The highest BCUT2D eigenvalue weighted by atomic mass is 35.5. The van der Waals surface area contributed by atoms with Crippen LogP contribution in [0.3, 0.4) is 0 Å². The molecule has 1 aliphatic heterocycles. The predicted molar refractivity (Wildman–Crippen MR) is 82.2 cm³/mol. The summed E-state index contributed by atoms with van der Waals surface area (Å²) in [4.78, 5) is 12.5. The van der Waals surface area contributed by atoms with E-state index in [9.17, 15) is 4.79 Å². The number of hydrogen-bond donors (Lipinski definition) is 0. The number of hydrogen-bond acceptors (Lipinski definition) is 2. The number of methoxy groups -OCH3 is 1. The maximum atomic E-state index is 12.5. The second-order valence-electron chi connectivity index (χ2n) is 5.80. The third-order valence-corrected chi connectivity index (χ3v) is 4.73. The number of nitrogens with zero attached hydrogens (tertiary/aromatic N) is 1. The fourth-order valence-electron chi connectivity index (χ4n) is 3.14. The summed E-state index contributed by atoms with van der Waals surface area (Å²) in [6.07, 6.45) is 5.01. The van der Waals surface area contributed by atoms with Crippen LogP contribution < -0.4 is 4.74 Å². The fourth-order valence-corrected chi connectivity index (χ4v) is 3.41. The van der Waals surface area contributed by atoms with Crippen LogP contribution in [0.4, 0.5) is 0 Å². The lowest BCUT2D eigenvalue weighted by Gasteiger charge is -2.22. The third kappa shape index (κ3) is 1.99. The number of carbonyl (C=O) groups excluding carboxylic acids is 1. The van der Waals surface area contributed by atoms with Crippen LogP contribution in [-0.4, -0.2) is 17.5 Å². The van der Waals surface area contributed by atoms with Gasteiger partial charge < -0.3 is 9.30 Å². The number of fused-ring (bicyclic) bond motifs is 3. The second-order valence-corrected chi connectivity index (χ2v) is 6.21. The Kier molecular flexibility index (Phi) is 2.86. The quantitative estimate of drug-likeness (QED) is 0.803. The van der Waals surface area contributed by atoms with Gasteiger partial charge in [0.1, 0.15) is 5.75 Å². The average Bonchev–Trinajstić information content (AvgIpc) is 3.25. The fraction of sp³-hybridized carbons (Fsp3) is 0.353.